The third-order valence-corrected chi connectivity index (χ3v) is 6.54. The number of imidazole rings is 1. The number of H-pyrrole nitrogens is 1. The van der Waals surface area contributed by atoms with E-state index in [0.29, 0.717) is 23.2 Å². The van der Waals surface area contributed by atoms with Gasteiger partial charge in [0.2, 0.25) is 0 Å². The Labute approximate surface area is 190 Å². The molecule has 1 aliphatic rings. The monoisotopic (exact) mass is 456 g/mol. The summed E-state index contributed by atoms with van der Waals surface area (Å²) < 4.78 is 5.22. The quantitative estimate of drug-likeness (QED) is 0.304. The highest BCUT2D eigenvalue weighted by atomic mass is 32.1. The molecule has 1 fully saturated rings. The second-order valence-electron chi connectivity index (χ2n) is 7.77. The van der Waals surface area contributed by atoms with E-state index in [1.165, 1.54) is 11.3 Å². The highest BCUT2D eigenvalue weighted by Gasteiger charge is 2.25. The van der Waals surface area contributed by atoms with Crippen molar-refractivity contribution in [2.24, 2.45) is 0 Å². The summed E-state index contributed by atoms with van der Waals surface area (Å²) in [5.74, 6) is 0.484. The Morgan fingerprint density at radius 1 is 1.25 bits per heavy atom. The van der Waals surface area contributed by atoms with Gasteiger partial charge in [-0.05, 0) is 44.5 Å². The molecular formula is C22H28N6O3S. The average molecular weight is 457 g/mol. The summed E-state index contributed by atoms with van der Waals surface area (Å²) in [6.07, 6.45) is 3.85. The summed E-state index contributed by atoms with van der Waals surface area (Å²) >= 11 is 1.40. The van der Waals surface area contributed by atoms with E-state index in [4.69, 9.17) is 4.74 Å². The van der Waals surface area contributed by atoms with Crippen LogP contribution in [-0.2, 0) is 4.74 Å². The molecule has 1 atom stereocenters. The maximum absolute atomic E-state index is 13.0. The second kappa shape index (κ2) is 10.6. The maximum Gasteiger partial charge on any atom is 0.409 e. The van der Waals surface area contributed by atoms with Crippen LogP contribution in [0.5, 0.6) is 0 Å². The fraction of sp³-hybridized carbons (Fsp3) is 0.455. The Balaban J connectivity index is 1.49. The van der Waals surface area contributed by atoms with Crippen molar-refractivity contribution >= 4 is 34.4 Å². The fourth-order valence-electron chi connectivity index (χ4n) is 3.60. The minimum Gasteiger partial charge on any atom is -0.450 e. The molecule has 0 bridgehead atoms. The molecule has 0 aliphatic carbocycles. The molecule has 1 unspecified atom stereocenters. The number of aromatic nitrogens is 3. The van der Waals surface area contributed by atoms with Crippen molar-refractivity contribution in [3.05, 3.63) is 46.2 Å². The average Bonchev–Trinajstić information content (AvgIpc) is 3.47. The van der Waals surface area contributed by atoms with Crippen LogP contribution in [0.1, 0.15) is 65.2 Å². The van der Waals surface area contributed by atoms with Gasteiger partial charge in [-0.1, -0.05) is 25.5 Å². The number of amides is 2. The Morgan fingerprint density at radius 2 is 2.06 bits per heavy atom. The third-order valence-electron chi connectivity index (χ3n) is 5.39. The standard InChI is InChI=1S/C22H28N6O3S/c1-2-3-12-31-22(30)28-19(18-25-15-6-4-5-7-16(15)26-18)27-20(29)17-13-24-21(32-17)14-8-10-23-11-9-14/h4-7,13-14,19,23H,2-3,8-12H2,1H3,(H,25,26)(H,27,29)(H,28,30). The molecule has 0 radical (unpaired) electrons. The van der Waals surface area contributed by atoms with Gasteiger partial charge in [-0.15, -0.1) is 11.3 Å². The molecule has 1 aliphatic heterocycles. The van der Waals surface area contributed by atoms with Gasteiger partial charge >= 0.3 is 6.09 Å². The first-order valence-electron chi connectivity index (χ1n) is 11.0. The molecule has 2 aromatic heterocycles. The molecule has 4 N–H and O–H groups in total. The predicted molar refractivity (Wildman–Crippen MR) is 123 cm³/mol. The Hall–Kier alpha value is -2.98. The molecule has 3 aromatic rings. The number of piperidine rings is 1. The number of hydrogen-bond donors (Lipinski definition) is 4. The van der Waals surface area contributed by atoms with Gasteiger partial charge in [0.25, 0.3) is 5.91 Å². The lowest BCUT2D eigenvalue weighted by atomic mass is 9.99. The number of fused-ring (bicyclic) bond motifs is 1. The van der Waals surface area contributed by atoms with E-state index in [2.05, 4.69) is 30.9 Å². The zero-order chi connectivity index (χ0) is 22.3. The fourth-order valence-corrected chi connectivity index (χ4v) is 4.59. The van der Waals surface area contributed by atoms with Crippen molar-refractivity contribution in [3.63, 3.8) is 0 Å². The summed E-state index contributed by atoms with van der Waals surface area (Å²) in [5, 5.41) is 9.89. The number of ether oxygens (including phenoxy) is 1. The normalized spacial score (nSPS) is 15.4. The smallest absolute Gasteiger partial charge is 0.409 e. The van der Waals surface area contributed by atoms with Crippen molar-refractivity contribution < 1.29 is 14.3 Å². The zero-order valence-electron chi connectivity index (χ0n) is 18.0. The molecule has 9 nitrogen and oxygen atoms in total. The number of benzene rings is 1. The number of carbonyl (C=O) groups excluding carboxylic acids is 2. The van der Waals surface area contributed by atoms with Gasteiger partial charge in [-0.3, -0.25) is 10.1 Å². The van der Waals surface area contributed by atoms with E-state index in [1.54, 1.807) is 6.20 Å². The van der Waals surface area contributed by atoms with E-state index < -0.39 is 12.3 Å². The van der Waals surface area contributed by atoms with Crippen molar-refractivity contribution in [1.82, 2.24) is 30.9 Å². The van der Waals surface area contributed by atoms with Crippen LogP contribution >= 0.6 is 11.3 Å². The summed E-state index contributed by atoms with van der Waals surface area (Å²) in [6.45, 7) is 4.26. The SMILES string of the molecule is CCCCOC(=O)NC(NC(=O)c1cnc(C2CCNCC2)s1)c1nc2ccccc2[nH]1. The molecule has 3 heterocycles. The molecule has 4 rings (SSSR count). The Kier molecular flexibility index (Phi) is 7.33. The number of hydrogen-bond acceptors (Lipinski definition) is 7. The van der Waals surface area contributed by atoms with Crippen LogP contribution in [0.2, 0.25) is 0 Å². The molecule has 1 aromatic carbocycles. The van der Waals surface area contributed by atoms with E-state index in [0.717, 1.165) is 54.8 Å². The lowest BCUT2D eigenvalue weighted by molar-refractivity contribution is 0.0923. The van der Waals surface area contributed by atoms with Crippen LogP contribution in [0.25, 0.3) is 11.0 Å². The Morgan fingerprint density at radius 3 is 2.84 bits per heavy atom. The number of unbranched alkanes of at least 4 members (excludes halogenated alkanes) is 1. The summed E-state index contributed by atoms with van der Waals surface area (Å²) in [5.41, 5.74) is 1.56. The topological polar surface area (TPSA) is 121 Å². The Bertz CT molecular complexity index is 1030. The lowest BCUT2D eigenvalue weighted by Gasteiger charge is -2.20. The van der Waals surface area contributed by atoms with Crippen LogP contribution in [0.4, 0.5) is 4.79 Å². The van der Waals surface area contributed by atoms with E-state index in [9.17, 15) is 9.59 Å². The van der Waals surface area contributed by atoms with Gasteiger partial charge < -0.3 is 20.4 Å². The summed E-state index contributed by atoms with van der Waals surface area (Å²) in [7, 11) is 0. The van der Waals surface area contributed by atoms with Crippen molar-refractivity contribution in [1.29, 1.82) is 0 Å². The minimum absolute atomic E-state index is 0.317. The van der Waals surface area contributed by atoms with Crippen LogP contribution in [0, 0.1) is 0 Å². The second-order valence-corrected chi connectivity index (χ2v) is 8.83. The van der Waals surface area contributed by atoms with Crippen LogP contribution in [0.3, 0.4) is 0 Å². The van der Waals surface area contributed by atoms with Gasteiger partial charge in [0.15, 0.2) is 12.0 Å². The van der Waals surface area contributed by atoms with Gasteiger partial charge in [0.05, 0.1) is 28.8 Å². The van der Waals surface area contributed by atoms with Gasteiger partial charge in [0, 0.05) is 5.92 Å². The number of rotatable bonds is 8. The van der Waals surface area contributed by atoms with Gasteiger partial charge in [-0.25, -0.2) is 14.8 Å². The van der Waals surface area contributed by atoms with Crippen molar-refractivity contribution in [3.8, 4) is 0 Å². The maximum atomic E-state index is 13.0. The number of nitrogens with zero attached hydrogens (tertiary/aromatic N) is 2. The first kappa shape index (κ1) is 22.2. The minimum atomic E-state index is -0.867. The molecule has 0 spiro atoms. The molecule has 1 saturated heterocycles. The lowest BCUT2D eigenvalue weighted by Crippen LogP contribution is -2.41. The first-order valence-corrected chi connectivity index (χ1v) is 11.8. The van der Waals surface area contributed by atoms with Crippen LogP contribution in [0.15, 0.2) is 30.5 Å². The summed E-state index contributed by atoms with van der Waals surface area (Å²) in [6, 6.07) is 7.53. The van der Waals surface area contributed by atoms with Crippen LogP contribution in [-0.4, -0.2) is 46.6 Å². The number of carbonyl (C=O) groups is 2. The predicted octanol–water partition coefficient (Wildman–Crippen LogP) is 3.44. The van der Waals surface area contributed by atoms with Crippen LogP contribution < -0.4 is 16.0 Å². The third kappa shape index (κ3) is 5.43. The van der Waals surface area contributed by atoms with Gasteiger partial charge in [-0.2, -0.15) is 0 Å². The molecule has 2 amide bonds. The van der Waals surface area contributed by atoms with E-state index in [-0.39, 0.29) is 5.91 Å². The molecule has 32 heavy (non-hydrogen) atoms. The number of thiazole rings is 1. The van der Waals surface area contributed by atoms with E-state index >= 15 is 0 Å². The highest BCUT2D eigenvalue weighted by Crippen LogP contribution is 2.29. The van der Waals surface area contributed by atoms with Gasteiger partial charge in [0.1, 0.15) is 4.88 Å². The highest BCUT2D eigenvalue weighted by molar-refractivity contribution is 7.13. The molecule has 10 heteroatoms. The number of aromatic amines is 1. The molecule has 170 valence electrons. The zero-order valence-corrected chi connectivity index (χ0v) is 18.8. The molecular weight excluding hydrogens is 428 g/mol. The molecule has 0 saturated carbocycles. The van der Waals surface area contributed by atoms with E-state index in [1.807, 2.05) is 31.2 Å². The first-order chi connectivity index (χ1) is 15.6. The summed E-state index contributed by atoms with van der Waals surface area (Å²) in [4.78, 5) is 38.0. The number of para-hydroxylation sites is 2. The van der Waals surface area contributed by atoms with Crippen molar-refractivity contribution in [2.45, 2.75) is 44.7 Å². The largest absolute Gasteiger partial charge is 0.450 e. The number of nitrogens with one attached hydrogen (secondary N) is 4. The number of alkyl carbamates (subject to hydrolysis) is 1. The van der Waals surface area contributed by atoms with Crippen molar-refractivity contribution in [2.75, 3.05) is 19.7 Å².